The maximum atomic E-state index is 11.5. The minimum Gasteiger partial charge on any atom is -0.383 e. The summed E-state index contributed by atoms with van der Waals surface area (Å²) in [4.78, 5) is 19.5. The van der Waals surface area contributed by atoms with Crippen LogP contribution in [0.15, 0.2) is 6.33 Å². The summed E-state index contributed by atoms with van der Waals surface area (Å²) >= 11 is 5.97. The molecule has 1 aromatic heterocycles. The van der Waals surface area contributed by atoms with Crippen LogP contribution in [0.2, 0.25) is 5.15 Å². The maximum Gasteiger partial charge on any atom is 0.221 e. The number of hydrogen-bond donors (Lipinski definition) is 2. The molecule has 2 N–H and O–H groups in total. The van der Waals surface area contributed by atoms with E-state index in [2.05, 4.69) is 20.6 Å². The Morgan fingerprint density at radius 1 is 1.42 bits per heavy atom. The Kier molecular flexibility index (Phi) is 7.14. The molecule has 0 aliphatic carbocycles. The molecule has 106 valence electrons. The van der Waals surface area contributed by atoms with E-state index in [1.165, 1.54) is 6.33 Å². The van der Waals surface area contributed by atoms with Crippen molar-refractivity contribution in [3.8, 4) is 0 Å². The zero-order valence-corrected chi connectivity index (χ0v) is 12.0. The number of amides is 1. The van der Waals surface area contributed by atoms with Crippen molar-refractivity contribution in [2.45, 2.75) is 19.8 Å². The molecule has 19 heavy (non-hydrogen) atoms. The van der Waals surface area contributed by atoms with Crippen LogP contribution in [0.25, 0.3) is 0 Å². The van der Waals surface area contributed by atoms with Crippen LogP contribution in [0.5, 0.6) is 0 Å². The number of nitrogens with one attached hydrogen (secondary N) is 2. The quantitative estimate of drug-likeness (QED) is 0.556. The smallest absolute Gasteiger partial charge is 0.221 e. The van der Waals surface area contributed by atoms with E-state index in [1.807, 2.05) is 6.92 Å². The number of anilines is 1. The van der Waals surface area contributed by atoms with Gasteiger partial charge in [-0.25, -0.2) is 9.97 Å². The molecule has 0 unspecified atom stereocenters. The van der Waals surface area contributed by atoms with Gasteiger partial charge in [0.05, 0.1) is 6.61 Å². The predicted molar refractivity (Wildman–Crippen MR) is 74.4 cm³/mol. The average molecular weight is 287 g/mol. The van der Waals surface area contributed by atoms with E-state index in [0.29, 0.717) is 37.1 Å². The number of nitrogens with zero attached hydrogens (tertiary/aromatic N) is 2. The van der Waals surface area contributed by atoms with Crippen molar-refractivity contribution < 1.29 is 9.53 Å². The average Bonchev–Trinajstić information content (AvgIpc) is 2.39. The molecule has 0 spiro atoms. The summed E-state index contributed by atoms with van der Waals surface area (Å²) in [5, 5.41) is 6.29. The van der Waals surface area contributed by atoms with E-state index >= 15 is 0 Å². The Labute approximate surface area is 117 Å². The summed E-state index contributed by atoms with van der Waals surface area (Å²) in [6.45, 7) is 3.52. The van der Waals surface area contributed by atoms with Gasteiger partial charge in [-0.1, -0.05) is 18.5 Å². The van der Waals surface area contributed by atoms with Crippen LogP contribution in [0.4, 0.5) is 5.82 Å². The second-order valence-corrected chi connectivity index (χ2v) is 4.22. The molecule has 0 atom stereocenters. The first-order valence-corrected chi connectivity index (χ1v) is 6.55. The molecular formula is C12H19ClN4O2. The molecule has 0 radical (unpaired) electrons. The number of halogens is 1. The van der Waals surface area contributed by atoms with Crippen LogP contribution in [-0.4, -0.2) is 42.7 Å². The van der Waals surface area contributed by atoms with Crippen LogP contribution < -0.4 is 10.6 Å². The van der Waals surface area contributed by atoms with Gasteiger partial charge in [0, 0.05) is 32.2 Å². The second-order valence-electron chi connectivity index (χ2n) is 3.86. The number of rotatable bonds is 8. The molecule has 0 aliphatic rings. The van der Waals surface area contributed by atoms with Gasteiger partial charge in [-0.15, -0.1) is 0 Å². The van der Waals surface area contributed by atoms with Gasteiger partial charge in [0.15, 0.2) is 0 Å². The topological polar surface area (TPSA) is 76.1 Å². The Bertz CT molecular complexity index is 415. The van der Waals surface area contributed by atoms with E-state index in [1.54, 1.807) is 7.11 Å². The molecule has 1 heterocycles. The number of hydrogen-bond acceptors (Lipinski definition) is 5. The molecule has 7 heteroatoms. The molecule has 1 aromatic rings. The first kappa shape index (κ1) is 15.7. The molecule has 0 aromatic carbocycles. The molecular weight excluding hydrogens is 268 g/mol. The monoisotopic (exact) mass is 286 g/mol. The van der Waals surface area contributed by atoms with Gasteiger partial charge in [0.1, 0.15) is 17.3 Å². The van der Waals surface area contributed by atoms with Crippen molar-refractivity contribution in [2.75, 3.05) is 32.1 Å². The van der Waals surface area contributed by atoms with E-state index in [4.69, 9.17) is 16.3 Å². The Morgan fingerprint density at radius 2 is 2.21 bits per heavy atom. The van der Waals surface area contributed by atoms with Gasteiger partial charge in [0.2, 0.25) is 5.91 Å². The van der Waals surface area contributed by atoms with Crippen molar-refractivity contribution in [3.63, 3.8) is 0 Å². The maximum absolute atomic E-state index is 11.5. The van der Waals surface area contributed by atoms with Crippen LogP contribution >= 0.6 is 11.6 Å². The lowest BCUT2D eigenvalue weighted by molar-refractivity contribution is -0.121. The third-order valence-corrected chi connectivity index (χ3v) is 2.84. The second kappa shape index (κ2) is 8.66. The normalized spacial score (nSPS) is 10.3. The fourth-order valence-corrected chi connectivity index (χ4v) is 1.80. The first-order chi connectivity index (χ1) is 9.19. The largest absolute Gasteiger partial charge is 0.383 e. The Morgan fingerprint density at radius 3 is 2.89 bits per heavy atom. The van der Waals surface area contributed by atoms with E-state index in [0.717, 1.165) is 12.0 Å². The van der Waals surface area contributed by atoms with Gasteiger partial charge in [-0.05, 0) is 6.42 Å². The third-order valence-electron chi connectivity index (χ3n) is 2.52. The van der Waals surface area contributed by atoms with Gasteiger partial charge >= 0.3 is 0 Å². The molecule has 0 saturated carbocycles. The van der Waals surface area contributed by atoms with Crippen LogP contribution in [0, 0.1) is 0 Å². The van der Waals surface area contributed by atoms with E-state index in [-0.39, 0.29) is 5.91 Å². The van der Waals surface area contributed by atoms with Gasteiger partial charge in [-0.2, -0.15) is 0 Å². The number of methoxy groups -OCH3 is 1. The molecule has 1 rings (SSSR count). The fraction of sp³-hybridized carbons (Fsp3) is 0.583. The third kappa shape index (κ3) is 5.40. The summed E-state index contributed by atoms with van der Waals surface area (Å²) in [6, 6.07) is 0. The summed E-state index contributed by atoms with van der Waals surface area (Å²) < 4.78 is 4.85. The number of carbonyl (C=O) groups excluding carboxylic acids is 1. The van der Waals surface area contributed by atoms with Crippen LogP contribution in [-0.2, 0) is 16.0 Å². The van der Waals surface area contributed by atoms with Crippen molar-refractivity contribution in [2.24, 2.45) is 0 Å². The highest BCUT2D eigenvalue weighted by atomic mass is 35.5. The summed E-state index contributed by atoms with van der Waals surface area (Å²) in [5.41, 5.74) is 0.865. The van der Waals surface area contributed by atoms with Gasteiger partial charge < -0.3 is 15.4 Å². The lowest BCUT2D eigenvalue weighted by Gasteiger charge is -2.10. The highest BCUT2D eigenvalue weighted by Crippen LogP contribution is 2.19. The molecule has 0 bridgehead atoms. The number of ether oxygens (including phenoxy) is 1. The number of carbonyl (C=O) groups is 1. The highest BCUT2D eigenvalue weighted by molar-refractivity contribution is 6.30. The molecule has 6 nitrogen and oxygen atoms in total. The highest BCUT2D eigenvalue weighted by Gasteiger charge is 2.08. The standard InChI is InChI=1S/C12H19ClN4O2/c1-3-9-11(13)16-8-17-12(9)15-5-4-10(18)14-6-7-19-2/h8H,3-7H2,1-2H3,(H,14,18)(H,15,16,17). The van der Waals surface area contributed by atoms with Crippen molar-refractivity contribution in [3.05, 3.63) is 17.0 Å². The van der Waals surface area contributed by atoms with Gasteiger partial charge in [-0.3, -0.25) is 4.79 Å². The minimum absolute atomic E-state index is 0.0252. The zero-order valence-electron chi connectivity index (χ0n) is 11.2. The summed E-state index contributed by atoms with van der Waals surface area (Å²) in [7, 11) is 1.60. The zero-order chi connectivity index (χ0) is 14.1. The van der Waals surface area contributed by atoms with Crippen molar-refractivity contribution >= 4 is 23.3 Å². The molecule has 0 fully saturated rings. The van der Waals surface area contributed by atoms with Crippen LogP contribution in [0.3, 0.4) is 0 Å². The fourth-order valence-electron chi connectivity index (χ4n) is 1.53. The molecule has 1 amide bonds. The Balaban J connectivity index is 2.37. The lowest BCUT2D eigenvalue weighted by Crippen LogP contribution is -2.28. The molecule has 0 aliphatic heterocycles. The summed E-state index contributed by atoms with van der Waals surface area (Å²) in [5.74, 6) is 0.662. The first-order valence-electron chi connectivity index (χ1n) is 6.17. The molecule has 0 saturated heterocycles. The van der Waals surface area contributed by atoms with Gasteiger partial charge in [0.25, 0.3) is 0 Å². The summed E-state index contributed by atoms with van der Waals surface area (Å²) in [6.07, 6.45) is 2.51. The van der Waals surface area contributed by atoms with Crippen molar-refractivity contribution in [1.29, 1.82) is 0 Å². The SMILES string of the molecule is CCc1c(Cl)ncnc1NCCC(=O)NCCOC. The number of aromatic nitrogens is 2. The predicted octanol–water partition coefficient (Wildman–Crippen LogP) is 1.26. The lowest BCUT2D eigenvalue weighted by atomic mass is 10.2. The van der Waals surface area contributed by atoms with E-state index < -0.39 is 0 Å². The minimum atomic E-state index is -0.0252. The van der Waals surface area contributed by atoms with Crippen LogP contribution in [0.1, 0.15) is 18.9 Å². The Hall–Kier alpha value is -1.40. The van der Waals surface area contributed by atoms with E-state index in [9.17, 15) is 4.79 Å². The van der Waals surface area contributed by atoms with Crippen molar-refractivity contribution in [1.82, 2.24) is 15.3 Å².